The van der Waals surface area contributed by atoms with Crippen LogP contribution in [0.3, 0.4) is 0 Å². The Bertz CT molecular complexity index is 155. The average molecular weight is 199 g/mol. The van der Waals surface area contributed by atoms with Gasteiger partial charge >= 0.3 is 0 Å². The molecular weight excluding hydrogens is 178 g/mol. The summed E-state index contributed by atoms with van der Waals surface area (Å²) in [6, 6.07) is 1.64. The maximum Gasteiger partial charge on any atom is 0.0195 e. The zero-order chi connectivity index (χ0) is 9.26. The van der Waals surface area contributed by atoms with Gasteiger partial charge < -0.3 is 0 Å². The van der Waals surface area contributed by atoms with Crippen molar-refractivity contribution in [1.82, 2.24) is 4.31 Å². The van der Waals surface area contributed by atoms with Crippen molar-refractivity contribution in [2.75, 3.05) is 0 Å². The Hall–Kier alpha value is 0.310. The van der Waals surface area contributed by atoms with Crippen molar-refractivity contribution in [2.24, 2.45) is 0 Å². The largest absolute Gasteiger partial charge is 0.245 e. The zero-order valence-electron chi connectivity index (χ0n) is 8.83. The van der Waals surface area contributed by atoms with Gasteiger partial charge in [0, 0.05) is 17.3 Å². The molecule has 2 unspecified atom stereocenters. The second kappa shape index (κ2) is 4.22. The minimum Gasteiger partial charge on any atom is -0.245 e. The lowest BCUT2D eigenvalue weighted by atomic mass is 10.2. The normalized spacial score (nSPS) is 37.4. The molecule has 0 aromatic heterocycles. The SMILES string of the molecule is CC1CCC(C)N1SC1CCCC1. The number of hydrogen-bond acceptors (Lipinski definition) is 2. The van der Waals surface area contributed by atoms with E-state index in [1.807, 2.05) is 0 Å². The summed E-state index contributed by atoms with van der Waals surface area (Å²) >= 11 is 2.16. The van der Waals surface area contributed by atoms with E-state index in [0.717, 1.165) is 17.3 Å². The number of nitrogens with zero attached hydrogens (tertiary/aromatic N) is 1. The van der Waals surface area contributed by atoms with Crippen LogP contribution in [0, 0.1) is 0 Å². The van der Waals surface area contributed by atoms with Gasteiger partial charge in [-0.25, -0.2) is 4.31 Å². The molecule has 1 saturated carbocycles. The molecule has 0 spiro atoms. The fourth-order valence-corrected chi connectivity index (χ4v) is 4.06. The van der Waals surface area contributed by atoms with Crippen molar-refractivity contribution in [2.45, 2.75) is 69.7 Å². The predicted octanol–water partition coefficient (Wildman–Crippen LogP) is 3.45. The Morgan fingerprint density at radius 2 is 1.46 bits per heavy atom. The van der Waals surface area contributed by atoms with E-state index in [0.29, 0.717) is 0 Å². The van der Waals surface area contributed by atoms with Crippen LogP contribution < -0.4 is 0 Å². The maximum absolute atomic E-state index is 2.66. The second-order valence-corrected chi connectivity index (χ2v) is 5.95. The van der Waals surface area contributed by atoms with Crippen molar-refractivity contribution in [3.8, 4) is 0 Å². The van der Waals surface area contributed by atoms with E-state index in [1.165, 1.54) is 38.5 Å². The fraction of sp³-hybridized carbons (Fsp3) is 1.00. The van der Waals surface area contributed by atoms with E-state index < -0.39 is 0 Å². The fourth-order valence-electron chi connectivity index (χ4n) is 2.54. The van der Waals surface area contributed by atoms with Gasteiger partial charge in [-0.05, 0) is 39.5 Å². The Labute approximate surface area is 86.4 Å². The van der Waals surface area contributed by atoms with Crippen LogP contribution in [-0.4, -0.2) is 21.6 Å². The third-order valence-corrected chi connectivity index (χ3v) is 5.18. The van der Waals surface area contributed by atoms with Crippen LogP contribution in [-0.2, 0) is 0 Å². The lowest BCUT2D eigenvalue weighted by molar-refractivity contribution is 0.391. The molecule has 2 rings (SSSR count). The van der Waals surface area contributed by atoms with E-state index in [9.17, 15) is 0 Å². The molecule has 1 heterocycles. The van der Waals surface area contributed by atoms with Crippen molar-refractivity contribution >= 4 is 11.9 Å². The van der Waals surface area contributed by atoms with Crippen LogP contribution in [0.25, 0.3) is 0 Å². The van der Waals surface area contributed by atoms with Gasteiger partial charge in [0.15, 0.2) is 0 Å². The molecule has 2 fully saturated rings. The lowest BCUT2D eigenvalue weighted by Gasteiger charge is -2.27. The summed E-state index contributed by atoms with van der Waals surface area (Å²) < 4.78 is 2.66. The summed E-state index contributed by atoms with van der Waals surface area (Å²) in [4.78, 5) is 0. The van der Waals surface area contributed by atoms with E-state index in [4.69, 9.17) is 0 Å². The van der Waals surface area contributed by atoms with Gasteiger partial charge in [0.2, 0.25) is 0 Å². The molecule has 0 bridgehead atoms. The van der Waals surface area contributed by atoms with Crippen LogP contribution in [0.5, 0.6) is 0 Å². The van der Waals surface area contributed by atoms with Crippen molar-refractivity contribution in [3.63, 3.8) is 0 Å². The van der Waals surface area contributed by atoms with Crippen molar-refractivity contribution in [3.05, 3.63) is 0 Å². The van der Waals surface area contributed by atoms with Gasteiger partial charge in [0.05, 0.1) is 0 Å². The first kappa shape index (κ1) is 9.85. The van der Waals surface area contributed by atoms with Crippen molar-refractivity contribution in [1.29, 1.82) is 0 Å². The summed E-state index contributed by atoms with van der Waals surface area (Å²) in [7, 11) is 0. The Morgan fingerprint density at radius 3 is 2.00 bits per heavy atom. The van der Waals surface area contributed by atoms with Crippen LogP contribution in [0.1, 0.15) is 52.4 Å². The highest BCUT2D eigenvalue weighted by Crippen LogP contribution is 2.38. The highest BCUT2D eigenvalue weighted by Gasteiger charge is 2.30. The van der Waals surface area contributed by atoms with E-state index in [-0.39, 0.29) is 0 Å². The molecule has 2 atom stereocenters. The van der Waals surface area contributed by atoms with E-state index in [2.05, 4.69) is 30.1 Å². The smallest absolute Gasteiger partial charge is 0.0195 e. The van der Waals surface area contributed by atoms with Gasteiger partial charge in [-0.2, -0.15) is 0 Å². The topological polar surface area (TPSA) is 3.24 Å². The number of hydrogen-bond donors (Lipinski definition) is 0. The monoisotopic (exact) mass is 199 g/mol. The standard InChI is InChI=1S/C11H21NS/c1-9-7-8-10(2)12(9)13-11-5-3-4-6-11/h9-11H,3-8H2,1-2H3. The van der Waals surface area contributed by atoms with Gasteiger partial charge in [-0.15, -0.1) is 0 Å². The first-order valence-electron chi connectivity index (χ1n) is 5.72. The average Bonchev–Trinajstić information content (AvgIpc) is 2.70. The Balaban J connectivity index is 1.85. The molecule has 0 aromatic rings. The lowest BCUT2D eigenvalue weighted by Crippen LogP contribution is -2.27. The maximum atomic E-state index is 2.66. The molecule has 0 amide bonds. The molecule has 1 saturated heterocycles. The van der Waals surface area contributed by atoms with Gasteiger partial charge in [0.25, 0.3) is 0 Å². The molecule has 1 nitrogen and oxygen atoms in total. The summed E-state index contributed by atoms with van der Waals surface area (Å²) in [5.74, 6) is 0. The molecule has 2 heteroatoms. The highest BCUT2D eigenvalue weighted by molar-refractivity contribution is 7.97. The summed E-state index contributed by atoms with van der Waals surface area (Å²) in [6.45, 7) is 4.76. The third-order valence-electron chi connectivity index (χ3n) is 3.44. The minimum absolute atomic E-state index is 0.820. The van der Waals surface area contributed by atoms with Crippen LogP contribution in [0.2, 0.25) is 0 Å². The van der Waals surface area contributed by atoms with Crippen LogP contribution >= 0.6 is 11.9 Å². The zero-order valence-corrected chi connectivity index (χ0v) is 9.65. The quantitative estimate of drug-likeness (QED) is 0.627. The molecule has 2 aliphatic rings. The highest BCUT2D eigenvalue weighted by atomic mass is 32.2. The molecule has 1 aliphatic carbocycles. The van der Waals surface area contributed by atoms with Crippen LogP contribution in [0.4, 0.5) is 0 Å². The molecule has 0 aromatic carbocycles. The van der Waals surface area contributed by atoms with Crippen LogP contribution in [0.15, 0.2) is 0 Å². The molecule has 0 radical (unpaired) electrons. The molecule has 1 aliphatic heterocycles. The van der Waals surface area contributed by atoms with Gasteiger partial charge in [-0.3, -0.25) is 0 Å². The minimum atomic E-state index is 0.820. The summed E-state index contributed by atoms with van der Waals surface area (Å²) in [6.07, 6.45) is 8.66. The first-order chi connectivity index (χ1) is 6.27. The van der Waals surface area contributed by atoms with E-state index in [1.54, 1.807) is 0 Å². The Kier molecular flexibility index (Phi) is 3.20. The molecule has 76 valence electrons. The predicted molar refractivity (Wildman–Crippen MR) is 59.8 cm³/mol. The Morgan fingerprint density at radius 1 is 0.923 bits per heavy atom. The van der Waals surface area contributed by atoms with Gasteiger partial charge in [0.1, 0.15) is 0 Å². The molecule has 13 heavy (non-hydrogen) atoms. The van der Waals surface area contributed by atoms with E-state index >= 15 is 0 Å². The number of rotatable bonds is 2. The summed E-state index contributed by atoms with van der Waals surface area (Å²) in [5.41, 5.74) is 0. The molecule has 0 N–H and O–H groups in total. The second-order valence-electron chi connectivity index (χ2n) is 4.65. The summed E-state index contributed by atoms with van der Waals surface area (Å²) in [5, 5.41) is 0.947. The van der Waals surface area contributed by atoms with Crippen molar-refractivity contribution < 1.29 is 0 Å². The molecular formula is C11H21NS. The van der Waals surface area contributed by atoms with Gasteiger partial charge in [-0.1, -0.05) is 24.8 Å². The third kappa shape index (κ3) is 2.21. The first-order valence-corrected chi connectivity index (χ1v) is 6.56.